The van der Waals surface area contributed by atoms with E-state index in [9.17, 15) is 4.79 Å². The van der Waals surface area contributed by atoms with E-state index in [2.05, 4.69) is 5.32 Å². The van der Waals surface area contributed by atoms with Gasteiger partial charge in [0, 0.05) is 13.0 Å². The van der Waals surface area contributed by atoms with Gasteiger partial charge >= 0.3 is 0 Å². The summed E-state index contributed by atoms with van der Waals surface area (Å²) in [4.78, 5) is 10.7. The second kappa shape index (κ2) is 2.21. The molecule has 4 N–H and O–H groups in total. The summed E-state index contributed by atoms with van der Waals surface area (Å²) in [6.45, 7) is 2.16. The molecule has 0 aliphatic carbocycles. The number of aliphatic hydroxyl groups excluding tert-OH is 1. The van der Waals surface area contributed by atoms with E-state index in [1.807, 2.05) is 0 Å². The molecule has 1 rings (SSSR count). The Morgan fingerprint density at radius 2 is 2.50 bits per heavy atom. The summed E-state index contributed by atoms with van der Waals surface area (Å²) >= 11 is 0. The third kappa shape index (κ3) is 1.12. The lowest BCUT2D eigenvalue weighted by Crippen LogP contribution is -2.48. The predicted octanol–water partition coefficient (Wildman–Crippen LogP) is -1.42. The summed E-state index contributed by atoms with van der Waals surface area (Å²) in [6, 6.07) is 0. The van der Waals surface area contributed by atoms with Gasteiger partial charge in [-0.3, -0.25) is 4.79 Å². The van der Waals surface area contributed by atoms with Crippen LogP contribution in [0.3, 0.4) is 0 Å². The van der Waals surface area contributed by atoms with E-state index in [1.54, 1.807) is 6.92 Å². The molecule has 0 radical (unpaired) electrons. The Morgan fingerprint density at radius 1 is 1.90 bits per heavy atom. The zero-order chi connectivity index (χ0) is 7.78. The first kappa shape index (κ1) is 7.50. The summed E-state index contributed by atoms with van der Waals surface area (Å²) < 4.78 is 0. The van der Waals surface area contributed by atoms with Gasteiger partial charge < -0.3 is 16.2 Å². The van der Waals surface area contributed by atoms with Crippen LogP contribution in [0, 0.1) is 0 Å². The number of β-amino-alcohol motifs (C(OH)–C–C–N with tert-alkyl or cyclic N) is 1. The SMILES string of the molecule is C[C@@]1(C(N)=O)CC(O)CN1. The molecule has 2 atom stereocenters. The van der Waals surface area contributed by atoms with Gasteiger partial charge in [-0.1, -0.05) is 0 Å². The van der Waals surface area contributed by atoms with Crippen molar-refractivity contribution in [3.63, 3.8) is 0 Å². The topological polar surface area (TPSA) is 75.4 Å². The van der Waals surface area contributed by atoms with Crippen molar-refractivity contribution in [3.05, 3.63) is 0 Å². The molecule has 1 aliphatic heterocycles. The van der Waals surface area contributed by atoms with Crippen LogP contribution < -0.4 is 11.1 Å². The van der Waals surface area contributed by atoms with E-state index in [-0.39, 0.29) is 0 Å². The Bertz CT molecular complexity index is 160. The van der Waals surface area contributed by atoms with Crippen molar-refractivity contribution in [2.24, 2.45) is 5.73 Å². The molecule has 10 heavy (non-hydrogen) atoms. The van der Waals surface area contributed by atoms with Gasteiger partial charge in [-0.05, 0) is 6.92 Å². The van der Waals surface area contributed by atoms with Crippen LogP contribution in [0.15, 0.2) is 0 Å². The van der Waals surface area contributed by atoms with Crippen molar-refractivity contribution in [2.45, 2.75) is 25.0 Å². The summed E-state index contributed by atoms with van der Waals surface area (Å²) in [6.07, 6.45) is -0.0139. The third-order valence-corrected chi connectivity index (χ3v) is 1.92. The predicted molar refractivity (Wildman–Crippen MR) is 36.2 cm³/mol. The Hall–Kier alpha value is -0.610. The van der Waals surface area contributed by atoms with E-state index >= 15 is 0 Å². The average Bonchev–Trinajstić information content (AvgIpc) is 2.13. The van der Waals surface area contributed by atoms with Crippen molar-refractivity contribution in [3.8, 4) is 0 Å². The number of hydrogen-bond acceptors (Lipinski definition) is 3. The highest BCUT2D eigenvalue weighted by Crippen LogP contribution is 2.17. The number of rotatable bonds is 1. The standard InChI is InChI=1S/C6H12N2O2/c1-6(5(7)10)2-4(9)3-8-6/h4,8-9H,2-3H2,1H3,(H2,7,10)/t4?,6-/m0/s1. The number of nitrogens with one attached hydrogen (secondary N) is 1. The minimum Gasteiger partial charge on any atom is -0.392 e. The molecule has 0 aromatic carbocycles. The molecule has 1 unspecified atom stereocenters. The van der Waals surface area contributed by atoms with Gasteiger partial charge in [0.25, 0.3) is 0 Å². The quantitative estimate of drug-likeness (QED) is 0.423. The molecule has 1 heterocycles. The second-order valence-corrected chi connectivity index (χ2v) is 2.94. The largest absolute Gasteiger partial charge is 0.392 e. The highest BCUT2D eigenvalue weighted by Gasteiger charge is 2.38. The Labute approximate surface area is 59.4 Å². The molecule has 1 fully saturated rings. The first-order valence-electron chi connectivity index (χ1n) is 3.27. The molecule has 0 aromatic heterocycles. The van der Waals surface area contributed by atoms with Crippen molar-refractivity contribution in [1.82, 2.24) is 5.32 Å². The Morgan fingerprint density at radius 3 is 2.70 bits per heavy atom. The molecular weight excluding hydrogens is 132 g/mol. The molecule has 1 aliphatic rings. The fourth-order valence-corrected chi connectivity index (χ4v) is 1.15. The fraction of sp³-hybridized carbons (Fsp3) is 0.833. The van der Waals surface area contributed by atoms with Crippen LogP contribution in [0.2, 0.25) is 0 Å². The zero-order valence-corrected chi connectivity index (χ0v) is 5.92. The summed E-state index contributed by atoms with van der Waals surface area (Å²) in [5, 5.41) is 11.9. The van der Waals surface area contributed by atoms with Gasteiger partial charge in [0.05, 0.1) is 11.6 Å². The van der Waals surface area contributed by atoms with Gasteiger partial charge in [0.2, 0.25) is 5.91 Å². The first-order valence-corrected chi connectivity index (χ1v) is 3.27. The number of carbonyl (C=O) groups is 1. The van der Waals surface area contributed by atoms with Gasteiger partial charge in [-0.15, -0.1) is 0 Å². The molecule has 0 bridgehead atoms. The highest BCUT2D eigenvalue weighted by atomic mass is 16.3. The second-order valence-electron chi connectivity index (χ2n) is 2.94. The van der Waals surface area contributed by atoms with Gasteiger partial charge in [0.1, 0.15) is 0 Å². The third-order valence-electron chi connectivity index (χ3n) is 1.92. The lowest BCUT2D eigenvalue weighted by Gasteiger charge is -2.18. The Balaban J connectivity index is 2.63. The molecule has 58 valence electrons. The molecule has 0 aromatic rings. The minimum atomic E-state index is -0.695. The van der Waals surface area contributed by atoms with E-state index < -0.39 is 17.6 Å². The molecule has 1 amide bonds. The maximum Gasteiger partial charge on any atom is 0.237 e. The van der Waals surface area contributed by atoms with Gasteiger partial charge in [-0.2, -0.15) is 0 Å². The lowest BCUT2D eigenvalue weighted by atomic mass is 9.99. The fourth-order valence-electron chi connectivity index (χ4n) is 1.15. The van der Waals surface area contributed by atoms with E-state index in [4.69, 9.17) is 10.8 Å². The number of amides is 1. The van der Waals surface area contributed by atoms with E-state index in [0.29, 0.717) is 13.0 Å². The number of nitrogens with two attached hydrogens (primary N) is 1. The van der Waals surface area contributed by atoms with Gasteiger partial charge in [-0.25, -0.2) is 0 Å². The molecular formula is C6H12N2O2. The van der Waals surface area contributed by atoms with Crippen molar-refractivity contribution >= 4 is 5.91 Å². The van der Waals surface area contributed by atoms with E-state index in [1.165, 1.54) is 0 Å². The minimum absolute atomic E-state index is 0.399. The molecule has 1 saturated heterocycles. The highest BCUT2D eigenvalue weighted by molar-refractivity contribution is 5.84. The summed E-state index contributed by atoms with van der Waals surface area (Å²) in [5.41, 5.74) is 4.39. The normalized spacial score (nSPS) is 40.0. The van der Waals surface area contributed by atoms with Crippen molar-refractivity contribution in [1.29, 1.82) is 0 Å². The van der Waals surface area contributed by atoms with Crippen LogP contribution in [-0.4, -0.2) is 29.2 Å². The van der Waals surface area contributed by atoms with Crippen LogP contribution in [0.1, 0.15) is 13.3 Å². The molecule has 4 nitrogen and oxygen atoms in total. The van der Waals surface area contributed by atoms with Crippen LogP contribution in [0.5, 0.6) is 0 Å². The Kier molecular flexibility index (Phi) is 1.66. The number of carbonyl (C=O) groups excluding carboxylic acids is 1. The number of aliphatic hydroxyl groups is 1. The van der Waals surface area contributed by atoms with Crippen molar-refractivity contribution in [2.75, 3.05) is 6.54 Å². The number of primary amides is 1. The summed E-state index contributed by atoms with van der Waals surface area (Å²) in [5.74, 6) is -0.399. The lowest BCUT2D eigenvalue weighted by molar-refractivity contribution is -0.123. The van der Waals surface area contributed by atoms with Crippen molar-refractivity contribution < 1.29 is 9.90 Å². The molecule has 4 heteroatoms. The van der Waals surface area contributed by atoms with Crippen LogP contribution in [0.25, 0.3) is 0 Å². The summed E-state index contributed by atoms with van der Waals surface area (Å²) in [7, 11) is 0. The number of hydrogen-bond donors (Lipinski definition) is 3. The van der Waals surface area contributed by atoms with Gasteiger partial charge in [0.15, 0.2) is 0 Å². The monoisotopic (exact) mass is 144 g/mol. The maximum atomic E-state index is 10.7. The van der Waals surface area contributed by atoms with E-state index in [0.717, 1.165) is 0 Å². The zero-order valence-electron chi connectivity index (χ0n) is 5.92. The maximum absolute atomic E-state index is 10.7. The molecule has 0 saturated carbocycles. The van der Waals surface area contributed by atoms with Crippen LogP contribution in [-0.2, 0) is 4.79 Å². The van der Waals surface area contributed by atoms with Crippen LogP contribution >= 0.6 is 0 Å². The van der Waals surface area contributed by atoms with Crippen LogP contribution in [0.4, 0.5) is 0 Å². The first-order chi connectivity index (χ1) is 4.54. The molecule has 0 spiro atoms. The smallest absolute Gasteiger partial charge is 0.237 e. The average molecular weight is 144 g/mol.